The van der Waals surface area contributed by atoms with Gasteiger partial charge >= 0.3 is 0 Å². The Labute approximate surface area is 128 Å². The summed E-state index contributed by atoms with van der Waals surface area (Å²) >= 11 is 0. The number of nitrogens with one attached hydrogen (secondary N) is 1. The monoisotopic (exact) mass is 323 g/mol. The summed E-state index contributed by atoms with van der Waals surface area (Å²) in [6, 6.07) is 7.91. The fourth-order valence-corrected chi connectivity index (χ4v) is 2.80. The van der Waals surface area contributed by atoms with E-state index < -0.39 is 14.8 Å². The first-order valence-corrected chi connectivity index (χ1v) is 8.80. The van der Waals surface area contributed by atoms with Gasteiger partial charge in [-0.25, -0.2) is 13.4 Å². The van der Waals surface area contributed by atoms with Crippen LogP contribution in [0.2, 0.25) is 0 Å². The third kappa shape index (κ3) is 4.39. The Balaban J connectivity index is 2.12. The van der Waals surface area contributed by atoms with E-state index in [-0.39, 0.29) is 17.5 Å². The molecule has 0 saturated carbocycles. The third-order valence-electron chi connectivity index (χ3n) is 3.20. The van der Waals surface area contributed by atoms with Gasteiger partial charge in [-0.3, -0.25) is 10.1 Å². The largest absolute Gasteiger partial charge is 0.368 e. The summed E-state index contributed by atoms with van der Waals surface area (Å²) in [5, 5.41) is 14.6. The Kier molecular flexibility index (Phi) is 4.60. The molecule has 0 aliphatic carbocycles. The van der Waals surface area contributed by atoms with Crippen molar-refractivity contribution in [2.45, 2.75) is 19.4 Å². The number of pyridine rings is 1. The van der Waals surface area contributed by atoms with Gasteiger partial charge in [0.05, 0.1) is 16.2 Å². The van der Waals surface area contributed by atoms with E-state index in [0.29, 0.717) is 23.1 Å². The van der Waals surface area contributed by atoms with Gasteiger partial charge in [0.2, 0.25) is 0 Å². The molecule has 0 saturated heterocycles. The van der Waals surface area contributed by atoms with E-state index in [0.717, 1.165) is 0 Å². The summed E-state index contributed by atoms with van der Waals surface area (Å²) in [5.74, 6) is 0.725. The molecule has 118 valence electrons. The summed E-state index contributed by atoms with van der Waals surface area (Å²) in [4.78, 5) is 14.7. The van der Waals surface area contributed by atoms with Crippen molar-refractivity contribution in [3.63, 3.8) is 0 Å². The molecule has 0 aliphatic heterocycles. The van der Waals surface area contributed by atoms with Gasteiger partial charge in [0.15, 0.2) is 0 Å². The van der Waals surface area contributed by atoms with E-state index in [2.05, 4.69) is 10.3 Å². The number of benzene rings is 1. The van der Waals surface area contributed by atoms with Crippen LogP contribution in [0, 0.1) is 10.1 Å². The number of rotatable bonds is 6. The summed E-state index contributed by atoms with van der Waals surface area (Å²) in [7, 11) is -2.98. The molecule has 0 fully saturated rings. The highest BCUT2D eigenvalue weighted by atomic mass is 32.2. The van der Waals surface area contributed by atoms with Crippen LogP contribution in [0.15, 0.2) is 30.3 Å². The van der Waals surface area contributed by atoms with Crippen LogP contribution in [0.3, 0.4) is 0 Å². The highest BCUT2D eigenvalue weighted by molar-refractivity contribution is 7.90. The van der Waals surface area contributed by atoms with Crippen molar-refractivity contribution < 1.29 is 13.3 Å². The number of hydrogen-bond acceptors (Lipinski definition) is 6. The number of fused-ring (bicyclic) bond motifs is 1. The fraction of sp³-hybridized carbons (Fsp3) is 0.357. The van der Waals surface area contributed by atoms with Crippen molar-refractivity contribution in [3.05, 3.63) is 40.4 Å². The maximum absolute atomic E-state index is 11.2. The summed E-state index contributed by atoms with van der Waals surface area (Å²) in [5.41, 5.74) is 0.669. The Morgan fingerprint density at radius 3 is 2.68 bits per heavy atom. The minimum Gasteiger partial charge on any atom is -0.368 e. The first-order chi connectivity index (χ1) is 10.2. The van der Waals surface area contributed by atoms with Crippen LogP contribution >= 0.6 is 0 Å². The Bertz CT molecular complexity index is 805. The van der Waals surface area contributed by atoms with E-state index in [1.165, 1.54) is 18.4 Å². The van der Waals surface area contributed by atoms with Crippen LogP contribution in [-0.4, -0.2) is 36.4 Å². The van der Waals surface area contributed by atoms with E-state index in [1.54, 1.807) is 18.2 Å². The van der Waals surface area contributed by atoms with Gasteiger partial charge in [0.1, 0.15) is 15.7 Å². The molecule has 2 rings (SSSR count). The molecule has 0 radical (unpaired) electrons. The molecule has 1 aromatic carbocycles. The molecule has 1 atom stereocenters. The van der Waals surface area contributed by atoms with Crippen molar-refractivity contribution in [1.29, 1.82) is 0 Å². The van der Waals surface area contributed by atoms with Crippen LogP contribution in [0.5, 0.6) is 0 Å². The zero-order chi connectivity index (χ0) is 16.3. The smallest absolute Gasteiger partial charge is 0.270 e. The van der Waals surface area contributed by atoms with Crippen molar-refractivity contribution in [3.8, 4) is 0 Å². The maximum atomic E-state index is 11.2. The number of nitro benzene ring substituents is 1. The third-order valence-corrected chi connectivity index (χ3v) is 4.18. The molecule has 8 heteroatoms. The minimum absolute atomic E-state index is 0.0246. The number of nitrogens with zero attached hydrogens (tertiary/aromatic N) is 2. The molecular weight excluding hydrogens is 306 g/mol. The molecule has 7 nitrogen and oxygen atoms in total. The summed E-state index contributed by atoms with van der Waals surface area (Å²) in [6.45, 7) is 1.88. The van der Waals surface area contributed by atoms with Crippen LogP contribution in [0.1, 0.15) is 13.3 Å². The zero-order valence-corrected chi connectivity index (χ0v) is 13.1. The molecule has 0 amide bonds. The topological polar surface area (TPSA) is 102 Å². The van der Waals surface area contributed by atoms with Gasteiger partial charge in [-0.2, -0.15) is 0 Å². The van der Waals surface area contributed by atoms with Gasteiger partial charge in [0.25, 0.3) is 5.69 Å². The van der Waals surface area contributed by atoms with Crippen molar-refractivity contribution >= 4 is 32.2 Å². The van der Waals surface area contributed by atoms with Gasteiger partial charge < -0.3 is 5.32 Å². The average molecular weight is 323 g/mol. The number of sulfone groups is 1. The molecule has 0 aliphatic rings. The second-order valence-electron chi connectivity index (χ2n) is 5.29. The number of nitro groups is 1. The van der Waals surface area contributed by atoms with E-state index in [4.69, 9.17) is 0 Å². The Hall–Kier alpha value is -2.22. The molecule has 0 spiro atoms. The molecule has 1 N–H and O–H groups in total. The fourth-order valence-electron chi connectivity index (χ4n) is 2.02. The number of non-ortho nitro benzene ring substituents is 1. The van der Waals surface area contributed by atoms with Gasteiger partial charge in [0, 0.05) is 29.8 Å². The van der Waals surface area contributed by atoms with Gasteiger partial charge in [-0.05, 0) is 31.5 Å². The van der Waals surface area contributed by atoms with Gasteiger partial charge in [-0.1, -0.05) is 0 Å². The molecule has 0 bridgehead atoms. The molecule has 2 aromatic rings. The molecule has 1 unspecified atom stereocenters. The Morgan fingerprint density at radius 2 is 2.05 bits per heavy atom. The quantitative estimate of drug-likeness (QED) is 0.647. The lowest BCUT2D eigenvalue weighted by Gasteiger charge is -2.14. The van der Waals surface area contributed by atoms with Crippen molar-refractivity contribution in [2.24, 2.45) is 0 Å². The average Bonchev–Trinajstić information content (AvgIpc) is 2.43. The van der Waals surface area contributed by atoms with Crippen molar-refractivity contribution in [2.75, 3.05) is 17.3 Å². The predicted molar refractivity (Wildman–Crippen MR) is 85.8 cm³/mol. The lowest BCUT2D eigenvalue weighted by molar-refractivity contribution is -0.384. The van der Waals surface area contributed by atoms with Crippen LogP contribution < -0.4 is 5.32 Å². The van der Waals surface area contributed by atoms with Crippen LogP contribution in [-0.2, 0) is 9.84 Å². The zero-order valence-electron chi connectivity index (χ0n) is 12.3. The van der Waals surface area contributed by atoms with Crippen LogP contribution in [0.25, 0.3) is 10.9 Å². The lowest BCUT2D eigenvalue weighted by Crippen LogP contribution is -2.20. The Morgan fingerprint density at radius 1 is 1.32 bits per heavy atom. The molecule has 1 heterocycles. The number of aromatic nitrogens is 1. The van der Waals surface area contributed by atoms with Crippen molar-refractivity contribution in [1.82, 2.24) is 4.98 Å². The molecule has 22 heavy (non-hydrogen) atoms. The van der Waals surface area contributed by atoms with E-state index in [9.17, 15) is 18.5 Å². The first kappa shape index (κ1) is 16.2. The number of anilines is 1. The summed E-state index contributed by atoms with van der Waals surface area (Å²) < 4.78 is 22.3. The van der Waals surface area contributed by atoms with E-state index >= 15 is 0 Å². The highest BCUT2D eigenvalue weighted by Crippen LogP contribution is 2.21. The molecular formula is C14H17N3O4S. The second kappa shape index (κ2) is 6.27. The van der Waals surface area contributed by atoms with E-state index in [1.807, 2.05) is 6.92 Å². The van der Waals surface area contributed by atoms with Gasteiger partial charge in [-0.15, -0.1) is 0 Å². The second-order valence-corrected chi connectivity index (χ2v) is 7.55. The predicted octanol–water partition coefficient (Wildman–Crippen LogP) is 2.38. The molecule has 1 aromatic heterocycles. The normalized spacial score (nSPS) is 13.0. The van der Waals surface area contributed by atoms with Crippen LogP contribution in [0.4, 0.5) is 11.5 Å². The first-order valence-electron chi connectivity index (χ1n) is 6.74. The standard InChI is InChI=1S/C14H17N3O4S/c1-10(7-8-22(2,20)21)15-14-6-3-11-9-12(17(18)19)4-5-13(11)16-14/h3-6,9-10H,7-8H2,1-2H3,(H,15,16). The lowest BCUT2D eigenvalue weighted by atomic mass is 10.2. The minimum atomic E-state index is -2.98. The number of hydrogen-bond donors (Lipinski definition) is 1. The maximum Gasteiger partial charge on any atom is 0.270 e. The SMILES string of the molecule is CC(CCS(C)(=O)=O)Nc1ccc2cc([N+](=O)[O-])ccc2n1. The summed E-state index contributed by atoms with van der Waals surface area (Å²) in [6.07, 6.45) is 1.69. The highest BCUT2D eigenvalue weighted by Gasteiger charge is 2.10.